The van der Waals surface area contributed by atoms with Crippen molar-refractivity contribution in [2.75, 3.05) is 31.1 Å². The second-order valence-corrected chi connectivity index (χ2v) is 12.3. The highest BCUT2D eigenvalue weighted by molar-refractivity contribution is 5.97. The molecule has 1 N–H and O–H groups in total. The van der Waals surface area contributed by atoms with Crippen molar-refractivity contribution in [1.29, 1.82) is 0 Å². The third-order valence-corrected chi connectivity index (χ3v) is 8.95. The molecule has 2 fully saturated rings. The van der Waals surface area contributed by atoms with Crippen molar-refractivity contribution in [2.45, 2.75) is 71.1 Å². The Kier molecular flexibility index (Phi) is 8.48. The molecule has 3 aromatic rings. The number of nitrogens with zero attached hydrogens (tertiary/aromatic N) is 5. The molecule has 1 spiro atoms. The third-order valence-electron chi connectivity index (χ3n) is 8.95. The molecule has 0 bridgehead atoms. The second kappa shape index (κ2) is 12.5. The zero-order chi connectivity index (χ0) is 30.8. The fourth-order valence-electron chi connectivity index (χ4n) is 6.85. The summed E-state index contributed by atoms with van der Waals surface area (Å²) in [7, 11) is 0. The highest BCUT2D eigenvalue weighted by Gasteiger charge is 2.54. The SMILES string of the molecule is CCN(C(=O)c1cc(F)ccc1Oc1cncnc1N1CC2(CC(Oc3ccnc4c3C(CCC=O)NCC4)C2)C1)C(C)C. The number of amides is 1. The van der Waals surface area contributed by atoms with Crippen LogP contribution in [0.2, 0.25) is 0 Å². The van der Waals surface area contributed by atoms with Crippen LogP contribution in [0.25, 0.3) is 0 Å². The molecule has 4 heterocycles. The number of halogens is 1. The third kappa shape index (κ3) is 5.85. The molecule has 2 aliphatic heterocycles. The van der Waals surface area contributed by atoms with E-state index in [0.29, 0.717) is 24.5 Å². The number of benzene rings is 1. The Morgan fingerprint density at radius 2 is 2.02 bits per heavy atom. The summed E-state index contributed by atoms with van der Waals surface area (Å²) >= 11 is 0. The Labute approximate surface area is 257 Å². The number of anilines is 1. The van der Waals surface area contributed by atoms with E-state index in [0.717, 1.165) is 68.6 Å². The van der Waals surface area contributed by atoms with Gasteiger partial charge in [0.2, 0.25) is 0 Å². The summed E-state index contributed by atoms with van der Waals surface area (Å²) in [4.78, 5) is 41.4. The van der Waals surface area contributed by atoms with Crippen molar-refractivity contribution >= 4 is 18.0 Å². The van der Waals surface area contributed by atoms with Crippen LogP contribution in [0.1, 0.15) is 74.1 Å². The van der Waals surface area contributed by atoms with E-state index in [1.807, 2.05) is 33.0 Å². The molecule has 1 amide bonds. The predicted molar refractivity (Wildman–Crippen MR) is 163 cm³/mol. The van der Waals surface area contributed by atoms with E-state index in [2.05, 4.69) is 25.2 Å². The van der Waals surface area contributed by atoms with Crippen LogP contribution in [0.4, 0.5) is 10.2 Å². The van der Waals surface area contributed by atoms with Crippen molar-refractivity contribution in [3.8, 4) is 17.2 Å². The molecule has 10 nitrogen and oxygen atoms in total. The number of fused-ring (bicyclic) bond motifs is 1. The van der Waals surface area contributed by atoms with E-state index in [4.69, 9.17) is 9.47 Å². The van der Waals surface area contributed by atoms with E-state index in [1.165, 1.54) is 24.5 Å². The van der Waals surface area contributed by atoms with Crippen LogP contribution >= 0.6 is 0 Å². The molecular weight excluding hydrogens is 563 g/mol. The molecule has 44 heavy (non-hydrogen) atoms. The average Bonchev–Trinajstić information content (AvgIpc) is 2.98. The highest BCUT2D eigenvalue weighted by atomic mass is 19.1. The number of hydrogen-bond acceptors (Lipinski definition) is 9. The molecule has 11 heteroatoms. The molecule has 3 aliphatic rings. The zero-order valence-corrected chi connectivity index (χ0v) is 25.5. The van der Waals surface area contributed by atoms with Crippen molar-refractivity contribution < 1.29 is 23.5 Å². The maximum atomic E-state index is 14.2. The van der Waals surface area contributed by atoms with E-state index < -0.39 is 5.82 Å². The van der Waals surface area contributed by atoms with Crippen LogP contribution in [0.5, 0.6) is 17.2 Å². The van der Waals surface area contributed by atoms with Crippen molar-refractivity contribution in [3.05, 3.63) is 65.6 Å². The van der Waals surface area contributed by atoms with E-state index in [-0.39, 0.29) is 40.8 Å². The van der Waals surface area contributed by atoms with Crippen LogP contribution in [0, 0.1) is 11.2 Å². The van der Waals surface area contributed by atoms with Gasteiger partial charge in [0.1, 0.15) is 36.0 Å². The van der Waals surface area contributed by atoms with Gasteiger partial charge in [0.05, 0.1) is 17.5 Å². The first-order chi connectivity index (χ1) is 21.3. The van der Waals surface area contributed by atoms with Gasteiger partial charge < -0.3 is 29.4 Å². The standard InChI is InChI=1S/C33H39FN6O4/c1-4-40(21(2)3)32(42)24-14-22(34)7-8-27(24)44-29-17-35-20-38-31(29)39-18-33(19-39)15-23(16-33)43-28-10-12-37-26-9-11-36-25(30(26)28)6-5-13-41/h7-8,10,12-14,17,20-21,23,25,36H,4-6,9,11,15-16,18-19H2,1-3H3. The van der Waals surface area contributed by atoms with Gasteiger partial charge >= 0.3 is 0 Å². The fourth-order valence-corrected chi connectivity index (χ4v) is 6.85. The molecule has 1 aromatic carbocycles. The van der Waals surface area contributed by atoms with Crippen LogP contribution in [-0.4, -0.2) is 70.4 Å². The van der Waals surface area contributed by atoms with Crippen LogP contribution < -0.4 is 19.7 Å². The van der Waals surface area contributed by atoms with Crippen molar-refractivity contribution in [1.82, 2.24) is 25.2 Å². The number of pyridine rings is 1. The van der Waals surface area contributed by atoms with Gasteiger partial charge in [0, 0.05) is 68.3 Å². The molecular formula is C33H39FN6O4. The lowest BCUT2D eigenvalue weighted by atomic mass is 9.61. The molecule has 1 saturated heterocycles. The number of aldehydes is 1. The molecule has 6 rings (SSSR count). The number of aromatic nitrogens is 3. The monoisotopic (exact) mass is 602 g/mol. The van der Waals surface area contributed by atoms with Gasteiger partial charge in [-0.25, -0.2) is 14.4 Å². The van der Waals surface area contributed by atoms with Crippen LogP contribution in [0.15, 0.2) is 43.0 Å². The Morgan fingerprint density at radius 3 is 2.77 bits per heavy atom. The van der Waals surface area contributed by atoms with Crippen molar-refractivity contribution in [2.24, 2.45) is 5.41 Å². The molecule has 1 aliphatic carbocycles. The Morgan fingerprint density at radius 1 is 1.20 bits per heavy atom. The summed E-state index contributed by atoms with van der Waals surface area (Å²) in [5.74, 6) is 1.39. The number of carbonyl (C=O) groups excluding carboxylic acids is 2. The molecule has 1 unspecified atom stereocenters. The van der Waals surface area contributed by atoms with Crippen LogP contribution in [0.3, 0.4) is 0 Å². The van der Waals surface area contributed by atoms with Gasteiger partial charge in [-0.15, -0.1) is 0 Å². The average molecular weight is 603 g/mol. The maximum absolute atomic E-state index is 14.2. The minimum Gasteiger partial charge on any atom is -0.490 e. The number of rotatable bonds is 11. The lowest BCUT2D eigenvalue weighted by Crippen LogP contribution is -2.65. The largest absolute Gasteiger partial charge is 0.490 e. The van der Waals surface area contributed by atoms with Gasteiger partial charge in [-0.05, 0) is 64.3 Å². The summed E-state index contributed by atoms with van der Waals surface area (Å²) in [6, 6.07) is 5.96. The molecule has 0 radical (unpaired) electrons. The minimum absolute atomic E-state index is 0.0451. The van der Waals surface area contributed by atoms with Crippen molar-refractivity contribution in [3.63, 3.8) is 0 Å². The first-order valence-electron chi connectivity index (χ1n) is 15.5. The van der Waals surface area contributed by atoms with E-state index in [1.54, 1.807) is 11.1 Å². The number of ether oxygens (including phenoxy) is 2. The Hall–Kier alpha value is -4.12. The van der Waals surface area contributed by atoms with E-state index in [9.17, 15) is 14.0 Å². The summed E-state index contributed by atoms with van der Waals surface area (Å²) < 4.78 is 27.0. The summed E-state index contributed by atoms with van der Waals surface area (Å²) in [6.45, 7) is 8.68. The number of hydrogen-bond donors (Lipinski definition) is 1. The highest BCUT2D eigenvalue weighted by Crippen LogP contribution is 2.52. The zero-order valence-electron chi connectivity index (χ0n) is 25.5. The molecule has 1 saturated carbocycles. The topological polar surface area (TPSA) is 110 Å². The predicted octanol–water partition coefficient (Wildman–Crippen LogP) is 4.89. The normalized spacial score (nSPS) is 18.8. The summed E-state index contributed by atoms with van der Waals surface area (Å²) in [5, 5.41) is 3.52. The molecule has 2 aromatic heterocycles. The maximum Gasteiger partial charge on any atom is 0.257 e. The van der Waals surface area contributed by atoms with Gasteiger partial charge in [0.15, 0.2) is 11.6 Å². The minimum atomic E-state index is -0.503. The van der Waals surface area contributed by atoms with Gasteiger partial charge in [-0.1, -0.05) is 0 Å². The van der Waals surface area contributed by atoms with Crippen LogP contribution in [-0.2, 0) is 11.2 Å². The van der Waals surface area contributed by atoms with Gasteiger partial charge in [-0.2, -0.15) is 0 Å². The Bertz CT molecular complexity index is 1520. The second-order valence-electron chi connectivity index (χ2n) is 12.3. The van der Waals surface area contributed by atoms with Gasteiger partial charge in [0.25, 0.3) is 5.91 Å². The quantitative estimate of drug-likeness (QED) is 0.307. The first-order valence-corrected chi connectivity index (χ1v) is 15.5. The smallest absolute Gasteiger partial charge is 0.257 e. The first kappa shape index (κ1) is 29.9. The Balaban J connectivity index is 1.12. The van der Waals surface area contributed by atoms with Gasteiger partial charge in [-0.3, -0.25) is 9.78 Å². The summed E-state index contributed by atoms with van der Waals surface area (Å²) in [5.41, 5.74) is 2.44. The molecule has 232 valence electrons. The lowest BCUT2D eigenvalue weighted by molar-refractivity contribution is -0.108. The van der Waals surface area contributed by atoms with E-state index >= 15 is 0 Å². The number of nitrogens with one attached hydrogen (secondary N) is 1. The number of carbonyl (C=O) groups is 2. The lowest BCUT2D eigenvalue weighted by Gasteiger charge is -2.59. The summed E-state index contributed by atoms with van der Waals surface area (Å²) in [6.07, 6.45) is 9.87. The molecule has 1 atom stereocenters. The fraction of sp³-hybridized carbons (Fsp3) is 0.485.